The Morgan fingerprint density at radius 2 is 1.94 bits per heavy atom. The van der Waals surface area contributed by atoms with Gasteiger partial charge >= 0.3 is 0 Å². The zero-order valence-corrected chi connectivity index (χ0v) is 11.3. The average Bonchev–Trinajstić information content (AvgIpc) is 2.39. The highest BCUT2D eigenvalue weighted by atomic mass is 79.9. The van der Waals surface area contributed by atoms with Crippen LogP contribution in [0.15, 0.2) is 53.1 Å². The van der Waals surface area contributed by atoms with Crippen LogP contribution >= 0.6 is 15.9 Å². The Morgan fingerprint density at radius 3 is 2.59 bits per heavy atom. The van der Waals surface area contributed by atoms with Gasteiger partial charge in [-0.2, -0.15) is 0 Å². The van der Waals surface area contributed by atoms with Crippen LogP contribution in [0.3, 0.4) is 0 Å². The zero-order valence-electron chi connectivity index (χ0n) is 9.73. The fraction of sp³-hybridized carbons (Fsp3) is 0.214. The molecule has 1 atom stereocenters. The van der Waals surface area contributed by atoms with Crippen LogP contribution in [-0.4, -0.2) is 11.5 Å². The Bertz CT molecular complexity index is 453. The standard InChI is InChI=1S/C14H15BrN2/c1-11(12-5-3-2-4-6-12)9-16-14-8-7-13(15)10-17-14/h2-8,10-11H,9H2,1H3,(H,16,17). The van der Waals surface area contributed by atoms with E-state index >= 15 is 0 Å². The molecule has 2 rings (SSSR count). The van der Waals surface area contributed by atoms with Crippen LogP contribution in [0, 0.1) is 0 Å². The lowest BCUT2D eigenvalue weighted by molar-refractivity contribution is 0.801. The van der Waals surface area contributed by atoms with Crippen molar-refractivity contribution in [3.63, 3.8) is 0 Å². The van der Waals surface area contributed by atoms with Crippen LogP contribution in [0.5, 0.6) is 0 Å². The molecule has 1 heterocycles. The highest BCUT2D eigenvalue weighted by molar-refractivity contribution is 9.10. The molecule has 0 amide bonds. The third-order valence-corrected chi connectivity index (χ3v) is 3.15. The first-order valence-corrected chi connectivity index (χ1v) is 6.45. The molecule has 17 heavy (non-hydrogen) atoms. The average molecular weight is 291 g/mol. The summed E-state index contributed by atoms with van der Waals surface area (Å²) in [5.74, 6) is 1.39. The van der Waals surface area contributed by atoms with E-state index in [4.69, 9.17) is 0 Å². The lowest BCUT2D eigenvalue weighted by Gasteiger charge is -2.13. The number of nitrogens with one attached hydrogen (secondary N) is 1. The molecule has 0 fully saturated rings. The van der Waals surface area contributed by atoms with Gasteiger partial charge < -0.3 is 5.32 Å². The number of pyridine rings is 1. The predicted molar refractivity (Wildman–Crippen MR) is 75.3 cm³/mol. The molecule has 0 saturated carbocycles. The topological polar surface area (TPSA) is 24.9 Å². The molecule has 2 nitrogen and oxygen atoms in total. The summed E-state index contributed by atoms with van der Waals surface area (Å²) in [6.07, 6.45) is 1.80. The molecule has 88 valence electrons. The number of benzene rings is 1. The van der Waals surface area contributed by atoms with Crippen LogP contribution in [0.2, 0.25) is 0 Å². The molecule has 0 bridgehead atoms. The third kappa shape index (κ3) is 3.56. The summed E-state index contributed by atoms with van der Waals surface area (Å²) in [5.41, 5.74) is 1.34. The first kappa shape index (κ1) is 12.1. The second-order valence-electron chi connectivity index (χ2n) is 4.05. The molecule has 1 aromatic carbocycles. The monoisotopic (exact) mass is 290 g/mol. The summed E-state index contributed by atoms with van der Waals surface area (Å²) in [4.78, 5) is 4.29. The van der Waals surface area contributed by atoms with Crippen molar-refractivity contribution in [2.24, 2.45) is 0 Å². The van der Waals surface area contributed by atoms with Crippen LogP contribution in [-0.2, 0) is 0 Å². The van der Waals surface area contributed by atoms with Gasteiger partial charge in [-0.15, -0.1) is 0 Å². The van der Waals surface area contributed by atoms with Gasteiger partial charge in [-0.3, -0.25) is 0 Å². The molecule has 0 aliphatic rings. The summed E-state index contributed by atoms with van der Waals surface area (Å²) in [6.45, 7) is 3.10. The van der Waals surface area contributed by atoms with Gasteiger partial charge in [0, 0.05) is 17.2 Å². The number of hydrogen-bond acceptors (Lipinski definition) is 2. The molecule has 0 aliphatic heterocycles. The van der Waals surface area contributed by atoms with E-state index in [1.54, 1.807) is 6.20 Å². The Hall–Kier alpha value is -1.35. The maximum absolute atomic E-state index is 4.29. The Labute approximate surface area is 110 Å². The number of rotatable bonds is 4. The molecule has 1 aromatic heterocycles. The molecule has 1 unspecified atom stereocenters. The Balaban J connectivity index is 1.92. The number of hydrogen-bond donors (Lipinski definition) is 1. The van der Waals surface area contributed by atoms with Gasteiger partial charge in [0.15, 0.2) is 0 Å². The lowest BCUT2D eigenvalue weighted by Crippen LogP contribution is -2.10. The molecular formula is C14H15BrN2. The number of anilines is 1. The van der Waals surface area contributed by atoms with Crippen LogP contribution in [0.25, 0.3) is 0 Å². The normalized spacial score (nSPS) is 12.1. The summed E-state index contributed by atoms with van der Waals surface area (Å²) < 4.78 is 0.999. The van der Waals surface area contributed by atoms with Crippen molar-refractivity contribution in [3.8, 4) is 0 Å². The second kappa shape index (κ2) is 5.82. The van der Waals surface area contributed by atoms with E-state index in [9.17, 15) is 0 Å². The molecule has 1 N–H and O–H groups in total. The highest BCUT2D eigenvalue weighted by Crippen LogP contribution is 2.16. The fourth-order valence-corrected chi connectivity index (χ4v) is 1.87. The van der Waals surface area contributed by atoms with Crippen LogP contribution < -0.4 is 5.32 Å². The van der Waals surface area contributed by atoms with Gasteiger partial charge in [0.1, 0.15) is 5.82 Å². The minimum Gasteiger partial charge on any atom is -0.369 e. The summed E-state index contributed by atoms with van der Waals surface area (Å²) >= 11 is 3.37. The van der Waals surface area contributed by atoms with Gasteiger partial charge in [0.25, 0.3) is 0 Å². The number of halogens is 1. The first-order chi connectivity index (χ1) is 8.25. The molecule has 2 aromatic rings. The maximum atomic E-state index is 4.29. The second-order valence-corrected chi connectivity index (χ2v) is 4.97. The smallest absolute Gasteiger partial charge is 0.125 e. The van der Waals surface area contributed by atoms with Crippen molar-refractivity contribution in [2.75, 3.05) is 11.9 Å². The van der Waals surface area contributed by atoms with E-state index in [0.717, 1.165) is 16.8 Å². The number of nitrogens with zero attached hydrogens (tertiary/aromatic N) is 1. The molecule has 0 radical (unpaired) electrons. The molecular weight excluding hydrogens is 276 g/mol. The van der Waals surface area contributed by atoms with Gasteiger partial charge in [0.05, 0.1) is 0 Å². The molecule has 3 heteroatoms. The lowest BCUT2D eigenvalue weighted by atomic mass is 10.0. The zero-order chi connectivity index (χ0) is 12.1. The summed E-state index contributed by atoms with van der Waals surface area (Å²) in [7, 11) is 0. The van der Waals surface area contributed by atoms with Gasteiger partial charge in [-0.1, -0.05) is 37.3 Å². The van der Waals surface area contributed by atoms with E-state index in [0.29, 0.717) is 5.92 Å². The van der Waals surface area contributed by atoms with Gasteiger partial charge in [-0.25, -0.2) is 4.98 Å². The van der Waals surface area contributed by atoms with Gasteiger partial charge in [0.2, 0.25) is 0 Å². The SMILES string of the molecule is CC(CNc1ccc(Br)cn1)c1ccccc1. The molecule has 0 spiro atoms. The van der Waals surface area contributed by atoms with Crippen molar-refractivity contribution < 1.29 is 0 Å². The van der Waals surface area contributed by atoms with Crippen molar-refractivity contribution in [3.05, 3.63) is 58.7 Å². The van der Waals surface area contributed by atoms with Crippen LogP contribution in [0.1, 0.15) is 18.4 Å². The van der Waals surface area contributed by atoms with E-state index in [1.807, 2.05) is 18.2 Å². The Morgan fingerprint density at radius 1 is 1.18 bits per heavy atom. The van der Waals surface area contributed by atoms with E-state index in [1.165, 1.54) is 5.56 Å². The molecule has 0 saturated heterocycles. The summed E-state index contributed by atoms with van der Waals surface area (Å²) in [5, 5.41) is 3.34. The first-order valence-electron chi connectivity index (χ1n) is 5.66. The third-order valence-electron chi connectivity index (χ3n) is 2.69. The van der Waals surface area contributed by atoms with E-state index in [-0.39, 0.29) is 0 Å². The Kier molecular flexibility index (Phi) is 4.15. The maximum Gasteiger partial charge on any atom is 0.125 e. The van der Waals surface area contributed by atoms with Crippen molar-refractivity contribution in [1.82, 2.24) is 4.98 Å². The van der Waals surface area contributed by atoms with Crippen LogP contribution in [0.4, 0.5) is 5.82 Å². The minimum absolute atomic E-state index is 0.474. The highest BCUT2D eigenvalue weighted by Gasteiger charge is 2.04. The van der Waals surface area contributed by atoms with E-state index in [2.05, 4.69) is 57.4 Å². The largest absolute Gasteiger partial charge is 0.369 e. The van der Waals surface area contributed by atoms with Gasteiger partial charge in [-0.05, 0) is 39.5 Å². The minimum atomic E-state index is 0.474. The van der Waals surface area contributed by atoms with Crippen molar-refractivity contribution >= 4 is 21.7 Å². The molecule has 0 aliphatic carbocycles. The van der Waals surface area contributed by atoms with E-state index < -0.39 is 0 Å². The quantitative estimate of drug-likeness (QED) is 0.919. The predicted octanol–water partition coefficient (Wildman–Crippen LogP) is 4.06. The van der Waals surface area contributed by atoms with Crippen molar-refractivity contribution in [2.45, 2.75) is 12.8 Å². The fourth-order valence-electron chi connectivity index (χ4n) is 1.64. The summed E-state index contributed by atoms with van der Waals surface area (Å²) in [6, 6.07) is 14.5. The number of aromatic nitrogens is 1. The van der Waals surface area contributed by atoms with Crippen molar-refractivity contribution in [1.29, 1.82) is 0 Å².